The van der Waals surface area contributed by atoms with Crippen LogP contribution in [0.4, 0.5) is 4.79 Å². The highest BCUT2D eigenvalue weighted by atomic mass is 28.3. The number of rotatable bonds is 7. The zero-order valence-electron chi connectivity index (χ0n) is 13.9. The molecule has 1 atom stereocenters. The van der Waals surface area contributed by atoms with Gasteiger partial charge < -0.3 is 14.4 Å². The topological polar surface area (TPSA) is 59.0 Å². The maximum absolute atomic E-state index is 12.2. The summed E-state index contributed by atoms with van der Waals surface area (Å²) in [5.74, 6) is 0. The molecule has 0 aromatic rings. The largest absolute Gasteiger partial charge is 0.442 e. The summed E-state index contributed by atoms with van der Waals surface area (Å²) in [7, 11) is -2.12. The third-order valence-corrected chi connectivity index (χ3v) is 4.44. The van der Waals surface area contributed by atoms with Crippen LogP contribution < -0.4 is 0 Å². The van der Waals surface area contributed by atoms with Crippen LogP contribution in [-0.2, 0) is 9.26 Å². The van der Waals surface area contributed by atoms with E-state index in [4.69, 9.17) is 9.26 Å². The van der Waals surface area contributed by atoms with Crippen molar-refractivity contribution in [2.45, 2.75) is 72.1 Å². The lowest BCUT2D eigenvalue weighted by Crippen LogP contribution is -2.52. The fourth-order valence-corrected chi connectivity index (χ4v) is 3.29. The van der Waals surface area contributed by atoms with Crippen molar-refractivity contribution in [3.63, 3.8) is 0 Å². The molecular weight excluding hydrogens is 273 g/mol. The zero-order chi connectivity index (χ0) is 16.0. The van der Waals surface area contributed by atoms with E-state index in [9.17, 15) is 9.90 Å². The summed E-state index contributed by atoms with van der Waals surface area (Å²) in [4.78, 5) is 12.2. The van der Waals surface area contributed by atoms with Crippen molar-refractivity contribution in [2.75, 3.05) is 6.61 Å². The van der Waals surface area contributed by atoms with Gasteiger partial charge in [0.15, 0.2) is 8.19 Å². The van der Waals surface area contributed by atoms with E-state index >= 15 is 0 Å². The molecule has 0 saturated heterocycles. The predicted octanol–water partition coefficient (Wildman–Crippen LogP) is 2.77. The van der Waals surface area contributed by atoms with Gasteiger partial charge in [-0.25, -0.2) is 4.79 Å². The maximum Gasteiger partial charge on any atom is 0.433 e. The minimum absolute atomic E-state index is 0.169. The second-order valence-corrected chi connectivity index (χ2v) is 10.3. The normalized spacial score (nSPS) is 13.8. The molecule has 0 aliphatic rings. The lowest BCUT2D eigenvalue weighted by atomic mass is 10.0. The molecule has 0 rings (SSSR count). The molecule has 1 amide bonds. The Bertz CT molecular complexity index is 307. The van der Waals surface area contributed by atoms with Gasteiger partial charge in [-0.05, 0) is 40.8 Å². The summed E-state index contributed by atoms with van der Waals surface area (Å²) in [5, 5.41) is 10.5. The molecule has 0 aromatic carbocycles. The highest BCUT2D eigenvalue weighted by Gasteiger charge is 2.33. The molecule has 20 heavy (non-hydrogen) atoms. The molecule has 0 aliphatic heterocycles. The van der Waals surface area contributed by atoms with Gasteiger partial charge in [-0.15, -0.1) is 0 Å². The second-order valence-electron chi connectivity index (χ2n) is 6.53. The SMILES string of the molecule is CCC[B][Si](C)(C)ON(C(=O)OC(C)(C)C)[C@@H](C)CO. The molecule has 0 unspecified atom stereocenters. The first-order chi connectivity index (χ1) is 9.02. The Labute approximate surface area is 124 Å². The van der Waals surface area contributed by atoms with Crippen molar-refractivity contribution in [2.24, 2.45) is 0 Å². The molecule has 0 heterocycles. The Kier molecular flexibility index (Phi) is 7.83. The van der Waals surface area contributed by atoms with E-state index in [1.54, 1.807) is 27.7 Å². The summed E-state index contributed by atoms with van der Waals surface area (Å²) >= 11 is 0. The van der Waals surface area contributed by atoms with Crippen LogP contribution in [0.15, 0.2) is 0 Å². The van der Waals surface area contributed by atoms with Crippen LogP contribution in [-0.4, -0.2) is 49.6 Å². The van der Waals surface area contributed by atoms with E-state index < -0.39 is 25.9 Å². The van der Waals surface area contributed by atoms with Gasteiger partial charge in [-0.3, -0.25) is 0 Å². The highest BCUT2D eigenvalue weighted by molar-refractivity contribution is 7.20. The van der Waals surface area contributed by atoms with Gasteiger partial charge in [-0.2, -0.15) is 5.06 Å². The molecule has 0 aliphatic carbocycles. The molecular formula is C13H29BNO4Si. The molecule has 0 bridgehead atoms. The highest BCUT2D eigenvalue weighted by Crippen LogP contribution is 2.16. The maximum atomic E-state index is 12.2. The van der Waals surface area contributed by atoms with E-state index in [2.05, 4.69) is 13.8 Å². The van der Waals surface area contributed by atoms with E-state index in [0.29, 0.717) is 0 Å². The van der Waals surface area contributed by atoms with Gasteiger partial charge >= 0.3 is 6.09 Å². The number of aliphatic hydroxyl groups is 1. The van der Waals surface area contributed by atoms with Gasteiger partial charge in [0.25, 0.3) is 0 Å². The summed E-state index contributed by atoms with van der Waals surface area (Å²) < 4.78 is 11.2. The minimum atomic E-state index is -2.12. The van der Waals surface area contributed by atoms with Gasteiger partial charge in [-0.1, -0.05) is 19.7 Å². The van der Waals surface area contributed by atoms with E-state index in [0.717, 1.165) is 12.7 Å². The van der Waals surface area contributed by atoms with E-state index in [-0.39, 0.29) is 6.61 Å². The molecule has 0 aromatic heterocycles. The quantitative estimate of drug-likeness (QED) is 0.580. The zero-order valence-corrected chi connectivity index (χ0v) is 14.9. The van der Waals surface area contributed by atoms with Crippen molar-refractivity contribution in [1.82, 2.24) is 5.06 Å². The van der Waals surface area contributed by atoms with Gasteiger partial charge in [0.05, 0.1) is 12.6 Å². The average molecular weight is 302 g/mol. The second kappa shape index (κ2) is 8.05. The summed E-state index contributed by atoms with van der Waals surface area (Å²) in [5.41, 5.74) is -0.591. The number of aliphatic hydroxyl groups excluding tert-OH is 1. The number of carbonyl (C=O) groups is 1. The van der Waals surface area contributed by atoms with Crippen LogP contribution in [0.5, 0.6) is 0 Å². The van der Waals surface area contributed by atoms with Crippen molar-refractivity contribution >= 4 is 21.2 Å². The molecule has 0 fully saturated rings. The minimum Gasteiger partial charge on any atom is -0.442 e. The van der Waals surface area contributed by atoms with Crippen LogP contribution in [0, 0.1) is 0 Å². The number of hydroxylamine groups is 2. The Morgan fingerprint density at radius 3 is 2.35 bits per heavy atom. The van der Waals surface area contributed by atoms with Crippen LogP contribution in [0.3, 0.4) is 0 Å². The molecule has 7 heteroatoms. The van der Waals surface area contributed by atoms with Crippen molar-refractivity contribution in [3.8, 4) is 0 Å². The monoisotopic (exact) mass is 302 g/mol. The Morgan fingerprint density at radius 1 is 1.40 bits per heavy atom. The smallest absolute Gasteiger partial charge is 0.433 e. The third-order valence-electron chi connectivity index (χ3n) is 2.50. The average Bonchev–Trinajstić information content (AvgIpc) is 2.30. The first-order valence-electron chi connectivity index (χ1n) is 7.19. The van der Waals surface area contributed by atoms with Crippen LogP contribution in [0.1, 0.15) is 41.0 Å². The van der Waals surface area contributed by atoms with E-state index in [1.807, 2.05) is 13.1 Å². The first kappa shape index (κ1) is 19.5. The Hall–Kier alpha value is -0.528. The number of carbonyl (C=O) groups excluding carboxylic acids is 1. The van der Waals surface area contributed by atoms with Crippen LogP contribution >= 0.6 is 0 Å². The fourth-order valence-electron chi connectivity index (χ4n) is 1.47. The molecule has 5 nitrogen and oxygen atoms in total. The predicted molar refractivity (Wildman–Crippen MR) is 84.0 cm³/mol. The fraction of sp³-hybridized carbons (Fsp3) is 0.923. The number of nitrogens with zero attached hydrogens (tertiary/aromatic N) is 1. The van der Waals surface area contributed by atoms with Gasteiger partial charge in [0.1, 0.15) is 12.5 Å². The van der Waals surface area contributed by atoms with E-state index in [1.165, 1.54) is 5.06 Å². The summed E-state index contributed by atoms with van der Waals surface area (Å²) in [6.07, 6.45) is 1.45. The first-order valence-corrected chi connectivity index (χ1v) is 10.2. The third kappa shape index (κ3) is 7.92. The lowest BCUT2D eigenvalue weighted by Gasteiger charge is -2.35. The molecule has 1 radical (unpaired) electrons. The molecule has 1 N–H and O–H groups in total. The molecule has 0 spiro atoms. The van der Waals surface area contributed by atoms with Gasteiger partial charge in [0, 0.05) is 0 Å². The standard InChI is InChI=1S/C13H29BNO4Si/c1-8-9-14-20(6,7)19-15(11(2)10-16)12(17)18-13(3,4)5/h11,16H,8-10H2,1-7H3/t11-/m0/s1. The van der Waals surface area contributed by atoms with Crippen LogP contribution in [0.2, 0.25) is 19.4 Å². The Balaban J connectivity index is 4.85. The Morgan fingerprint density at radius 2 is 1.95 bits per heavy atom. The number of hydrogen-bond acceptors (Lipinski definition) is 4. The van der Waals surface area contributed by atoms with Gasteiger partial charge in [0.2, 0.25) is 0 Å². The molecule has 0 saturated carbocycles. The molecule has 117 valence electrons. The summed E-state index contributed by atoms with van der Waals surface area (Å²) in [6, 6.07) is -0.438. The van der Waals surface area contributed by atoms with Crippen molar-refractivity contribution in [3.05, 3.63) is 0 Å². The summed E-state index contributed by atoms with van der Waals surface area (Å²) in [6.45, 7) is 15.3. The number of hydrogen-bond donors (Lipinski definition) is 1. The lowest BCUT2D eigenvalue weighted by molar-refractivity contribution is -0.106. The number of ether oxygens (including phenoxy) is 1. The number of amides is 1. The van der Waals surface area contributed by atoms with Crippen molar-refractivity contribution < 1.29 is 19.2 Å². The van der Waals surface area contributed by atoms with Crippen molar-refractivity contribution in [1.29, 1.82) is 0 Å². The van der Waals surface area contributed by atoms with Crippen LogP contribution in [0.25, 0.3) is 0 Å².